The number of piperidine rings is 1. The van der Waals surface area contributed by atoms with Gasteiger partial charge in [0.2, 0.25) is 5.91 Å². The smallest absolute Gasteiger partial charge is 0.228 e. The molecule has 3 rings (SSSR count). The number of aliphatic hydroxyl groups excluding tert-OH is 1. The summed E-state index contributed by atoms with van der Waals surface area (Å²) in [7, 11) is 0. The molecule has 0 aromatic heterocycles. The zero-order chi connectivity index (χ0) is 18.4. The molecule has 26 heavy (non-hydrogen) atoms. The molecule has 5 heteroatoms. The molecule has 1 fully saturated rings. The summed E-state index contributed by atoms with van der Waals surface area (Å²) >= 11 is 0. The van der Waals surface area contributed by atoms with Crippen LogP contribution < -0.4 is 5.32 Å². The van der Waals surface area contributed by atoms with Gasteiger partial charge in [0.05, 0.1) is 23.7 Å². The van der Waals surface area contributed by atoms with Gasteiger partial charge in [-0.2, -0.15) is 5.26 Å². The molecule has 2 aromatic carbocycles. The third-order valence-corrected chi connectivity index (χ3v) is 4.77. The van der Waals surface area contributed by atoms with Gasteiger partial charge < -0.3 is 10.4 Å². The van der Waals surface area contributed by atoms with Crippen molar-refractivity contribution in [3.05, 3.63) is 65.7 Å². The zero-order valence-corrected chi connectivity index (χ0v) is 14.6. The van der Waals surface area contributed by atoms with Gasteiger partial charge in [-0.1, -0.05) is 30.3 Å². The molecule has 1 heterocycles. The molecule has 0 aliphatic carbocycles. The maximum absolute atomic E-state index is 12.5. The summed E-state index contributed by atoms with van der Waals surface area (Å²) in [6, 6.07) is 18.6. The predicted molar refractivity (Wildman–Crippen MR) is 100 cm³/mol. The molecule has 0 spiro atoms. The molecule has 2 atom stereocenters. The first-order valence-electron chi connectivity index (χ1n) is 8.92. The van der Waals surface area contributed by atoms with E-state index in [4.69, 9.17) is 5.26 Å². The Hall–Kier alpha value is -2.68. The van der Waals surface area contributed by atoms with Crippen molar-refractivity contribution in [1.82, 2.24) is 4.90 Å². The normalized spacial score (nSPS) is 18.7. The standard InChI is InChI=1S/C21H23N3O2/c22-13-16-8-10-17(11-9-16)20(25)15-24-12-4-5-18(14-24)21(26)23-19-6-2-1-3-7-19/h1-3,6-11,18,20,25H,4-5,12,14-15H2,(H,23,26). The quantitative estimate of drug-likeness (QED) is 0.870. The molecule has 2 aromatic rings. The van der Waals surface area contributed by atoms with Gasteiger partial charge in [0.1, 0.15) is 0 Å². The van der Waals surface area contributed by atoms with Gasteiger partial charge in [0.25, 0.3) is 0 Å². The van der Waals surface area contributed by atoms with E-state index in [9.17, 15) is 9.90 Å². The van der Waals surface area contributed by atoms with Crippen LogP contribution in [0.25, 0.3) is 0 Å². The average molecular weight is 349 g/mol. The van der Waals surface area contributed by atoms with Gasteiger partial charge in [-0.05, 0) is 49.2 Å². The summed E-state index contributed by atoms with van der Waals surface area (Å²) in [6.07, 6.45) is 1.17. The van der Waals surface area contributed by atoms with Crippen molar-refractivity contribution in [1.29, 1.82) is 5.26 Å². The fourth-order valence-corrected chi connectivity index (χ4v) is 3.33. The highest BCUT2D eigenvalue weighted by molar-refractivity contribution is 5.92. The van der Waals surface area contributed by atoms with Crippen molar-refractivity contribution in [3.8, 4) is 6.07 Å². The largest absolute Gasteiger partial charge is 0.387 e. The van der Waals surface area contributed by atoms with Crippen LogP contribution in [0.2, 0.25) is 0 Å². The first-order valence-corrected chi connectivity index (χ1v) is 8.92. The number of carbonyl (C=O) groups is 1. The SMILES string of the molecule is N#Cc1ccc(C(O)CN2CCCC(C(=O)Nc3ccccc3)C2)cc1. The minimum Gasteiger partial charge on any atom is -0.387 e. The van der Waals surface area contributed by atoms with E-state index in [2.05, 4.69) is 16.3 Å². The van der Waals surface area contributed by atoms with Crippen LogP contribution in [-0.4, -0.2) is 35.5 Å². The number of nitrogens with one attached hydrogen (secondary N) is 1. The molecule has 1 amide bonds. The zero-order valence-electron chi connectivity index (χ0n) is 14.6. The molecular weight excluding hydrogens is 326 g/mol. The fourth-order valence-electron chi connectivity index (χ4n) is 3.33. The Labute approximate surface area is 153 Å². The number of likely N-dealkylation sites (tertiary alicyclic amines) is 1. The Morgan fingerprint density at radius 2 is 1.96 bits per heavy atom. The van der Waals surface area contributed by atoms with Gasteiger partial charge in [0, 0.05) is 18.8 Å². The van der Waals surface area contributed by atoms with Gasteiger partial charge in [0.15, 0.2) is 0 Å². The van der Waals surface area contributed by atoms with Crippen LogP contribution in [0.4, 0.5) is 5.69 Å². The number of carbonyl (C=O) groups excluding carboxylic acids is 1. The first-order chi connectivity index (χ1) is 12.7. The molecule has 1 aliphatic rings. The number of nitriles is 1. The van der Waals surface area contributed by atoms with Gasteiger partial charge in [-0.3, -0.25) is 9.69 Å². The van der Waals surface area contributed by atoms with E-state index in [1.54, 1.807) is 24.3 Å². The van der Waals surface area contributed by atoms with Gasteiger partial charge in [-0.15, -0.1) is 0 Å². The van der Waals surface area contributed by atoms with Crippen molar-refractivity contribution < 1.29 is 9.90 Å². The van der Waals surface area contributed by atoms with Gasteiger partial charge >= 0.3 is 0 Å². The molecule has 0 saturated carbocycles. The molecule has 2 N–H and O–H groups in total. The summed E-state index contributed by atoms with van der Waals surface area (Å²) in [5.41, 5.74) is 2.18. The first kappa shape index (κ1) is 18.1. The van der Waals surface area contributed by atoms with Crippen LogP contribution >= 0.6 is 0 Å². The van der Waals surface area contributed by atoms with Crippen LogP contribution in [-0.2, 0) is 4.79 Å². The van der Waals surface area contributed by atoms with Crippen molar-refractivity contribution in [2.75, 3.05) is 25.0 Å². The fraction of sp³-hybridized carbons (Fsp3) is 0.333. The van der Waals surface area contributed by atoms with E-state index in [0.29, 0.717) is 18.7 Å². The van der Waals surface area contributed by atoms with E-state index >= 15 is 0 Å². The highest BCUT2D eigenvalue weighted by atomic mass is 16.3. The van der Waals surface area contributed by atoms with E-state index in [0.717, 1.165) is 30.6 Å². The minimum atomic E-state index is -0.626. The molecule has 1 aliphatic heterocycles. The summed E-state index contributed by atoms with van der Waals surface area (Å²) in [4.78, 5) is 14.6. The molecule has 5 nitrogen and oxygen atoms in total. The van der Waals surface area contributed by atoms with Crippen LogP contribution in [0.5, 0.6) is 0 Å². The number of anilines is 1. The Morgan fingerprint density at radius 1 is 1.23 bits per heavy atom. The maximum atomic E-state index is 12.5. The summed E-state index contributed by atoms with van der Waals surface area (Å²) < 4.78 is 0. The monoisotopic (exact) mass is 349 g/mol. The lowest BCUT2D eigenvalue weighted by Gasteiger charge is -2.33. The van der Waals surface area contributed by atoms with Crippen LogP contribution in [0.15, 0.2) is 54.6 Å². The average Bonchev–Trinajstić information content (AvgIpc) is 2.69. The molecular formula is C21H23N3O2. The van der Waals surface area contributed by atoms with Gasteiger partial charge in [-0.25, -0.2) is 0 Å². The Morgan fingerprint density at radius 3 is 2.65 bits per heavy atom. The second-order valence-corrected chi connectivity index (χ2v) is 6.70. The number of benzene rings is 2. The lowest BCUT2D eigenvalue weighted by atomic mass is 9.96. The lowest BCUT2D eigenvalue weighted by molar-refractivity contribution is -0.121. The Kier molecular flexibility index (Phi) is 6.00. The molecule has 0 bridgehead atoms. The number of hydrogen-bond acceptors (Lipinski definition) is 4. The van der Waals surface area contributed by atoms with E-state index in [-0.39, 0.29) is 11.8 Å². The number of hydrogen-bond donors (Lipinski definition) is 2. The van der Waals surface area contributed by atoms with E-state index in [1.807, 2.05) is 30.3 Å². The van der Waals surface area contributed by atoms with Crippen LogP contribution in [0.1, 0.15) is 30.1 Å². The minimum absolute atomic E-state index is 0.0359. The van der Waals surface area contributed by atoms with Crippen LogP contribution in [0.3, 0.4) is 0 Å². The van der Waals surface area contributed by atoms with Crippen molar-refractivity contribution in [2.24, 2.45) is 5.92 Å². The van der Waals surface area contributed by atoms with Crippen LogP contribution in [0, 0.1) is 17.2 Å². The van der Waals surface area contributed by atoms with Crippen molar-refractivity contribution >= 4 is 11.6 Å². The van der Waals surface area contributed by atoms with Crippen molar-refractivity contribution in [2.45, 2.75) is 18.9 Å². The Bertz CT molecular complexity index is 768. The number of para-hydroxylation sites is 1. The van der Waals surface area contributed by atoms with E-state index < -0.39 is 6.10 Å². The maximum Gasteiger partial charge on any atom is 0.228 e. The highest BCUT2D eigenvalue weighted by Crippen LogP contribution is 2.22. The topological polar surface area (TPSA) is 76.4 Å². The Balaban J connectivity index is 1.55. The number of aliphatic hydroxyl groups is 1. The van der Waals surface area contributed by atoms with E-state index in [1.165, 1.54) is 0 Å². The second-order valence-electron chi connectivity index (χ2n) is 6.70. The number of nitrogens with zero attached hydrogens (tertiary/aromatic N) is 2. The summed E-state index contributed by atoms with van der Waals surface area (Å²) in [5, 5.41) is 22.3. The van der Waals surface area contributed by atoms with Crippen molar-refractivity contribution in [3.63, 3.8) is 0 Å². The number of rotatable bonds is 5. The third kappa shape index (κ3) is 4.69. The summed E-state index contributed by atoms with van der Waals surface area (Å²) in [6.45, 7) is 2.01. The molecule has 0 radical (unpaired) electrons. The molecule has 134 valence electrons. The third-order valence-electron chi connectivity index (χ3n) is 4.77. The lowest BCUT2D eigenvalue weighted by Crippen LogP contribution is -2.42. The number of β-amino-alcohol motifs (C(OH)–C–C–N with tert-alkyl or cyclic N) is 1. The molecule has 2 unspecified atom stereocenters. The highest BCUT2D eigenvalue weighted by Gasteiger charge is 2.27. The number of amides is 1. The predicted octanol–water partition coefficient (Wildman–Crippen LogP) is 2.94. The second kappa shape index (κ2) is 8.61. The molecule has 1 saturated heterocycles. The summed E-state index contributed by atoms with van der Waals surface area (Å²) in [5.74, 6) is -0.0362.